The molecule has 0 aromatic rings. The van der Waals surface area contributed by atoms with Gasteiger partial charge in [0, 0.05) is 19.3 Å². The van der Waals surface area contributed by atoms with Crippen LogP contribution in [-0.4, -0.2) is 204 Å². The van der Waals surface area contributed by atoms with Crippen LogP contribution in [0.2, 0.25) is 0 Å². The van der Waals surface area contributed by atoms with Crippen LogP contribution in [-0.2, 0) is 61.2 Å². The summed E-state index contributed by atoms with van der Waals surface area (Å²) in [6.45, 7) is 3.41. The molecule has 1 aliphatic carbocycles. The summed E-state index contributed by atoms with van der Waals surface area (Å²) >= 11 is 0. The van der Waals surface area contributed by atoms with Crippen molar-refractivity contribution in [1.29, 1.82) is 0 Å². The van der Waals surface area contributed by atoms with Crippen LogP contribution in [0.5, 0.6) is 0 Å². The molecule has 0 spiro atoms. The van der Waals surface area contributed by atoms with Crippen molar-refractivity contribution in [3.05, 3.63) is 0 Å². The van der Waals surface area contributed by atoms with Crippen molar-refractivity contribution < 1.29 is 117 Å². The Morgan fingerprint density at radius 1 is 0.385 bits per heavy atom. The minimum atomic E-state index is -5.68. The minimum Gasteiger partial charge on any atom is -0.463 e. The van der Waals surface area contributed by atoms with Gasteiger partial charge in [-0.3, -0.25) is 23.4 Å². The maximum atomic E-state index is 14.3. The zero-order chi connectivity index (χ0) is 66.8. The van der Waals surface area contributed by atoms with Gasteiger partial charge >= 0.3 is 25.7 Å². The van der Waals surface area contributed by atoms with Crippen LogP contribution in [0, 0.1) is 0 Å². The number of hydrogen-bond acceptors (Lipinski definition) is 23. The molecule has 2 heterocycles. The third-order valence-electron chi connectivity index (χ3n) is 17.6. The van der Waals surface area contributed by atoms with E-state index >= 15 is 0 Å². The number of phosphoric acid groups is 1. The van der Waals surface area contributed by atoms with Gasteiger partial charge < -0.3 is 89.1 Å². The van der Waals surface area contributed by atoms with Crippen molar-refractivity contribution >= 4 is 25.7 Å². The fourth-order valence-corrected chi connectivity index (χ4v) is 12.8. The van der Waals surface area contributed by atoms with E-state index in [2.05, 4.69) is 20.8 Å². The monoisotopic (exact) mass is 1330 g/mol. The summed E-state index contributed by atoms with van der Waals surface area (Å²) < 4.78 is 64.8. The molecule has 18 unspecified atom stereocenters. The maximum Gasteiger partial charge on any atom is 0.472 e. The van der Waals surface area contributed by atoms with Crippen molar-refractivity contribution in [3.8, 4) is 0 Å². The Labute approximate surface area is 542 Å². The lowest BCUT2D eigenvalue weighted by molar-refractivity contribution is -0.360. The number of aliphatic hydroxyl groups is 10. The first-order valence-corrected chi connectivity index (χ1v) is 36.8. The number of hydrogen-bond donors (Lipinski definition) is 11. The zero-order valence-electron chi connectivity index (χ0n) is 55.4. The lowest BCUT2D eigenvalue weighted by Gasteiger charge is -2.49. The van der Waals surface area contributed by atoms with Crippen molar-refractivity contribution in [2.45, 2.75) is 375 Å². The van der Waals surface area contributed by atoms with Crippen molar-refractivity contribution in [2.75, 3.05) is 26.4 Å². The van der Waals surface area contributed by atoms with Crippen LogP contribution in [0.4, 0.5) is 0 Å². The molecule has 0 aromatic carbocycles. The highest BCUT2D eigenvalue weighted by atomic mass is 31.2. The van der Waals surface area contributed by atoms with Gasteiger partial charge in [0.25, 0.3) is 0 Å². The number of aliphatic hydroxyl groups excluding tert-OH is 10. The second-order valence-corrected chi connectivity index (χ2v) is 27.0. The third-order valence-corrected chi connectivity index (χ3v) is 18.6. The average Bonchev–Trinajstić information content (AvgIpc) is 0.861. The molecule has 3 aliphatic rings. The Morgan fingerprint density at radius 2 is 0.703 bits per heavy atom. The zero-order valence-corrected chi connectivity index (χ0v) is 56.3. The van der Waals surface area contributed by atoms with Gasteiger partial charge in [0.05, 0.1) is 13.2 Å². The topological polar surface area (TPSA) is 374 Å². The Bertz CT molecular complexity index is 1910. The highest BCUT2D eigenvalue weighted by Crippen LogP contribution is 2.49. The molecule has 0 aromatic heterocycles. The Morgan fingerprint density at radius 3 is 1.08 bits per heavy atom. The van der Waals surface area contributed by atoms with Crippen molar-refractivity contribution in [1.82, 2.24) is 0 Å². The van der Waals surface area contributed by atoms with Gasteiger partial charge in [-0.05, 0) is 19.3 Å². The van der Waals surface area contributed by atoms with E-state index < -0.39 is 156 Å². The summed E-state index contributed by atoms with van der Waals surface area (Å²) in [4.78, 5) is 50.8. The van der Waals surface area contributed by atoms with Crippen LogP contribution in [0.3, 0.4) is 0 Å². The van der Waals surface area contributed by atoms with Crippen LogP contribution in [0.1, 0.15) is 271 Å². The lowest BCUT2D eigenvalue weighted by atomic mass is 9.84. The smallest absolute Gasteiger partial charge is 0.463 e. The van der Waals surface area contributed by atoms with Gasteiger partial charge in [-0.2, -0.15) is 0 Å². The van der Waals surface area contributed by atoms with E-state index in [0.29, 0.717) is 19.3 Å². The molecule has 25 heteroatoms. The number of rotatable bonds is 54. The Hall–Kier alpha value is -2.04. The van der Waals surface area contributed by atoms with Gasteiger partial charge in [0.2, 0.25) is 0 Å². The molecule has 0 radical (unpaired) electrons. The molecule has 91 heavy (non-hydrogen) atoms. The molecule has 3 rings (SSSR count). The maximum absolute atomic E-state index is 14.3. The molecule has 0 amide bonds. The number of carbonyl (C=O) groups is 3. The molecule has 18 atom stereocenters. The fraction of sp³-hybridized carbons (Fsp3) is 0.955. The van der Waals surface area contributed by atoms with Gasteiger partial charge in [0.15, 0.2) is 18.7 Å². The number of ether oxygens (including phenoxy) is 7. The predicted molar refractivity (Wildman–Crippen MR) is 338 cm³/mol. The van der Waals surface area contributed by atoms with Crippen LogP contribution < -0.4 is 0 Å². The SMILES string of the molecule is CCCCCCCCCCCCCCCC(=O)OCC(COP(=O)(O)OC1C(OC2OC(CO)C(O)C(O)C2O)C(O)C(O)C(O)C1OC1OC(COC(=O)CCCCCCCCCCCCC)C(O)C(O)C1O)OC(=O)CCCCCCCCCCCCCC. The summed E-state index contributed by atoms with van der Waals surface area (Å²) in [7, 11) is -5.68. The summed E-state index contributed by atoms with van der Waals surface area (Å²) in [5.41, 5.74) is 0. The molecule has 2 aliphatic heterocycles. The van der Waals surface area contributed by atoms with Crippen molar-refractivity contribution in [2.24, 2.45) is 0 Å². The quantitative estimate of drug-likeness (QED) is 0.0118. The molecule has 0 bridgehead atoms. The first kappa shape index (κ1) is 83.2. The predicted octanol–water partition coefficient (Wildman–Crippen LogP) is 8.23. The third kappa shape index (κ3) is 33.7. The number of carbonyl (C=O) groups excluding carboxylic acids is 3. The average molecular weight is 1330 g/mol. The summed E-state index contributed by atoms with van der Waals surface area (Å²) in [5.74, 6) is -1.98. The van der Waals surface area contributed by atoms with Gasteiger partial charge in [-0.25, -0.2) is 4.57 Å². The van der Waals surface area contributed by atoms with Gasteiger partial charge in [-0.15, -0.1) is 0 Å². The number of esters is 3. The van der Waals surface area contributed by atoms with Crippen LogP contribution in [0.25, 0.3) is 0 Å². The van der Waals surface area contributed by atoms with E-state index in [0.717, 1.165) is 89.9 Å². The Balaban J connectivity index is 1.77. The molecule has 1 saturated carbocycles. The van der Waals surface area contributed by atoms with Gasteiger partial charge in [0.1, 0.15) is 98.7 Å². The highest BCUT2D eigenvalue weighted by Gasteiger charge is 2.58. The molecular weight excluding hydrogens is 1210 g/mol. The first-order valence-electron chi connectivity index (χ1n) is 35.3. The summed E-state index contributed by atoms with van der Waals surface area (Å²) in [6, 6.07) is 0. The lowest BCUT2D eigenvalue weighted by Crippen LogP contribution is -2.69. The normalized spacial score (nSPS) is 28.8. The fourth-order valence-electron chi connectivity index (χ4n) is 11.8. The largest absolute Gasteiger partial charge is 0.472 e. The second-order valence-electron chi connectivity index (χ2n) is 25.6. The van der Waals surface area contributed by atoms with E-state index in [1.54, 1.807) is 0 Å². The molecule has 2 saturated heterocycles. The first-order chi connectivity index (χ1) is 43.8. The van der Waals surface area contributed by atoms with Crippen molar-refractivity contribution in [3.63, 3.8) is 0 Å². The summed E-state index contributed by atoms with van der Waals surface area (Å²) in [6.07, 6.45) is 3.53. The van der Waals surface area contributed by atoms with E-state index in [4.69, 9.17) is 42.2 Å². The molecule has 536 valence electrons. The highest BCUT2D eigenvalue weighted by molar-refractivity contribution is 7.47. The summed E-state index contributed by atoms with van der Waals surface area (Å²) in [5, 5.41) is 110. The minimum absolute atomic E-state index is 0.0326. The van der Waals surface area contributed by atoms with Crippen LogP contribution in [0.15, 0.2) is 0 Å². The van der Waals surface area contributed by atoms with E-state index in [1.165, 1.54) is 122 Å². The molecule has 11 N–H and O–H groups in total. The molecular formula is C66H123O24P. The molecule has 24 nitrogen and oxygen atoms in total. The van der Waals surface area contributed by atoms with E-state index in [-0.39, 0.29) is 19.3 Å². The second kappa shape index (κ2) is 49.5. The van der Waals surface area contributed by atoms with Crippen LogP contribution >= 0.6 is 7.82 Å². The standard InChI is InChI=1S/C66H123O24P/c1-4-7-10-13-16-19-22-24-27-29-31-34-37-40-50(68)82-44-47(85-52(70)42-39-36-33-30-26-23-20-17-14-11-8-5-2)45-84-91(80,81)90-64-62(88-65-60(78)55(73)53(71)48(43-67)86-65)58(76)57(75)59(77)63(64)89-66-61(79)56(74)54(72)49(87-66)46-83-51(69)41-38-35-32-28-25-21-18-15-12-9-6-3/h47-49,53-67,71-79H,4-46H2,1-3H3,(H,80,81). The van der Waals surface area contributed by atoms with E-state index in [9.17, 15) is 74.9 Å². The number of phosphoric ester groups is 1. The van der Waals surface area contributed by atoms with E-state index in [1.807, 2.05) is 0 Å². The number of unbranched alkanes of at least 4 members (excludes halogenated alkanes) is 33. The van der Waals surface area contributed by atoms with Gasteiger partial charge in [-0.1, -0.05) is 233 Å². The molecule has 3 fully saturated rings. The Kier molecular flexibility index (Phi) is 45.2.